The predicted molar refractivity (Wildman–Crippen MR) is 68.7 cm³/mol. The number of Topliss-reactive ketones (excluding diaryl/α,β-unsaturated/α-hetero) is 1. The van der Waals surface area contributed by atoms with E-state index in [4.69, 9.17) is 5.26 Å². The molecule has 6 heteroatoms. The van der Waals surface area contributed by atoms with Gasteiger partial charge in [-0.3, -0.25) is 9.52 Å². The summed E-state index contributed by atoms with van der Waals surface area (Å²) in [5.41, 5.74) is 0.812. The first kappa shape index (κ1) is 14.2. The molecule has 1 aromatic carbocycles. The van der Waals surface area contributed by atoms with E-state index in [0.717, 1.165) is 0 Å². The molecule has 0 aromatic heterocycles. The van der Waals surface area contributed by atoms with Crippen LogP contribution in [0, 0.1) is 11.3 Å². The van der Waals surface area contributed by atoms with Crippen molar-refractivity contribution in [2.24, 2.45) is 0 Å². The third-order valence-electron chi connectivity index (χ3n) is 2.19. The van der Waals surface area contributed by atoms with Crippen LogP contribution >= 0.6 is 0 Å². The van der Waals surface area contributed by atoms with Gasteiger partial charge in [0.1, 0.15) is 0 Å². The van der Waals surface area contributed by atoms with Gasteiger partial charge in [-0.15, -0.1) is 0 Å². The highest BCUT2D eigenvalue weighted by Crippen LogP contribution is 2.13. The molecular weight excluding hydrogens is 252 g/mol. The molecule has 1 rings (SSSR count). The summed E-state index contributed by atoms with van der Waals surface area (Å²) < 4.78 is 25.4. The number of ketones is 1. The molecule has 0 fully saturated rings. The Hall–Kier alpha value is -1.87. The van der Waals surface area contributed by atoms with Crippen LogP contribution < -0.4 is 4.72 Å². The molecule has 5 nitrogen and oxygen atoms in total. The van der Waals surface area contributed by atoms with Gasteiger partial charge in [0.25, 0.3) is 0 Å². The van der Waals surface area contributed by atoms with Gasteiger partial charge in [-0.05, 0) is 30.7 Å². The van der Waals surface area contributed by atoms with Crippen molar-refractivity contribution in [2.45, 2.75) is 19.8 Å². The number of hydrogen-bond donors (Lipinski definition) is 1. The molecule has 1 aromatic rings. The van der Waals surface area contributed by atoms with Crippen LogP contribution in [-0.4, -0.2) is 20.0 Å². The summed E-state index contributed by atoms with van der Waals surface area (Å²) in [6.07, 6.45) is 0.356. The Labute approximate surface area is 106 Å². The Balaban J connectivity index is 2.78. The van der Waals surface area contributed by atoms with Gasteiger partial charge >= 0.3 is 0 Å². The van der Waals surface area contributed by atoms with E-state index in [2.05, 4.69) is 4.72 Å². The van der Waals surface area contributed by atoms with Crippen molar-refractivity contribution in [1.82, 2.24) is 0 Å². The number of carbonyl (C=O) groups is 1. The maximum Gasteiger partial charge on any atom is 0.232 e. The molecule has 0 atom stereocenters. The Morgan fingerprint density at radius 1 is 1.33 bits per heavy atom. The highest BCUT2D eigenvalue weighted by molar-refractivity contribution is 7.92. The summed E-state index contributed by atoms with van der Waals surface area (Å²) in [4.78, 5) is 11.4. The highest BCUT2D eigenvalue weighted by atomic mass is 32.2. The van der Waals surface area contributed by atoms with Crippen LogP contribution in [0.2, 0.25) is 0 Å². The minimum Gasteiger partial charge on any atom is -0.293 e. The van der Waals surface area contributed by atoms with Crippen LogP contribution in [0.5, 0.6) is 0 Å². The molecule has 0 aliphatic rings. The molecule has 96 valence electrons. The predicted octanol–water partition coefficient (Wildman–Crippen LogP) is 1.93. The van der Waals surface area contributed by atoms with Crippen molar-refractivity contribution in [3.63, 3.8) is 0 Å². The first-order valence-electron chi connectivity index (χ1n) is 5.49. The number of benzene rings is 1. The van der Waals surface area contributed by atoms with Crippen molar-refractivity contribution < 1.29 is 13.2 Å². The molecular formula is C12H14N2O3S. The van der Waals surface area contributed by atoms with Crippen LogP contribution in [0.3, 0.4) is 0 Å². The zero-order valence-corrected chi connectivity index (χ0v) is 10.8. The summed E-state index contributed by atoms with van der Waals surface area (Å²) in [5.74, 6) is -0.220. The smallest absolute Gasteiger partial charge is 0.232 e. The molecule has 0 heterocycles. The molecule has 0 bridgehead atoms. The average Bonchev–Trinajstić information content (AvgIpc) is 2.29. The van der Waals surface area contributed by atoms with E-state index in [1.807, 2.05) is 0 Å². The number of anilines is 1. The minimum absolute atomic E-state index is 0.0577. The quantitative estimate of drug-likeness (QED) is 0.797. The number of hydrogen-bond acceptors (Lipinski definition) is 4. The van der Waals surface area contributed by atoms with E-state index >= 15 is 0 Å². The minimum atomic E-state index is -3.32. The molecule has 0 saturated carbocycles. The van der Waals surface area contributed by atoms with Crippen LogP contribution in [0.25, 0.3) is 0 Å². The summed E-state index contributed by atoms with van der Waals surface area (Å²) in [6.45, 7) is 1.78. The molecule has 18 heavy (non-hydrogen) atoms. The van der Waals surface area contributed by atoms with E-state index < -0.39 is 10.0 Å². The monoisotopic (exact) mass is 266 g/mol. The van der Waals surface area contributed by atoms with Crippen LogP contribution in [0.15, 0.2) is 24.3 Å². The molecule has 0 saturated heterocycles. The second-order valence-electron chi connectivity index (χ2n) is 3.76. The maximum absolute atomic E-state index is 11.5. The summed E-state index contributed by atoms with van der Waals surface area (Å²) in [7, 11) is -3.32. The molecule has 0 aliphatic heterocycles. The van der Waals surface area contributed by atoms with Crippen molar-refractivity contribution in [3.8, 4) is 6.07 Å². The van der Waals surface area contributed by atoms with E-state index in [1.165, 1.54) is 24.3 Å². The third kappa shape index (κ3) is 4.18. The second kappa shape index (κ2) is 6.17. The fraction of sp³-hybridized carbons (Fsp3) is 0.333. The Morgan fingerprint density at radius 2 is 1.94 bits per heavy atom. The first-order valence-corrected chi connectivity index (χ1v) is 7.14. The van der Waals surface area contributed by atoms with Gasteiger partial charge in [0, 0.05) is 11.3 Å². The Morgan fingerprint density at radius 3 is 2.44 bits per heavy atom. The van der Waals surface area contributed by atoms with Crippen LogP contribution in [0.1, 0.15) is 30.1 Å². The number of carbonyl (C=O) groups excluding carboxylic acids is 1. The fourth-order valence-corrected chi connectivity index (χ4v) is 2.53. The molecule has 1 N–H and O–H groups in total. The number of nitriles is 1. The zero-order valence-electron chi connectivity index (χ0n) is 10.0. The van der Waals surface area contributed by atoms with Gasteiger partial charge in [0.2, 0.25) is 10.0 Å². The third-order valence-corrected chi connectivity index (χ3v) is 3.69. The summed E-state index contributed by atoms with van der Waals surface area (Å²) >= 11 is 0. The van der Waals surface area contributed by atoms with Gasteiger partial charge in [0.05, 0.1) is 18.2 Å². The van der Waals surface area contributed by atoms with Gasteiger partial charge in [-0.2, -0.15) is 5.26 Å². The number of sulfonamides is 1. The number of rotatable bonds is 6. The Bertz CT molecular complexity index is 556. The van der Waals surface area contributed by atoms with Crippen LogP contribution in [0.4, 0.5) is 5.69 Å². The standard InChI is InChI=1S/C12H14N2O3S/c1-2-9-18(16,17)14-11-5-3-10(4-6-11)12(15)7-8-13/h3-6,14H,2,7,9H2,1H3. The number of nitrogens with zero attached hydrogens (tertiary/aromatic N) is 1. The Kier molecular flexibility index (Phi) is 4.86. The molecule has 0 aliphatic carbocycles. The van der Waals surface area contributed by atoms with Gasteiger partial charge < -0.3 is 0 Å². The van der Waals surface area contributed by atoms with E-state index in [9.17, 15) is 13.2 Å². The van der Waals surface area contributed by atoms with E-state index in [1.54, 1.807) is 13.0 Å². The molecule has 0 amide bonds. The molecule has 0 unspecified atom stereocenters. The van der Waals surface area contributed by atoms with Crippen molar-refractivity contribution in [3.05, 3.63) is 29.8 Å². The summed E-state index contributed by atoms with van der Waals surface area (Å²) in [6, 6.07) is 7.80. The largest absolute Gasteiger partial charge is 0.293 e. The summed E-state index contributed by atoms with van der Waals surface area (Å²) in [5, 5.41) is 8.40. The van der Waals surface area contributed by atoms with Crippen molar-refractivity contribution in [1.29, 1.82) is 5.26 Å². The topological polar surface area (TPSA) is 87.0 Å². The van der Waals surface area contributed by atoms with Gasteiger partial charge in [-0.1, -0.05) is 6.92 Å². The van der Waals surface area contributed by atoms with Gasteiger partial charge in [-0.25, -0.2) is 8.42 Å². The lowest BCUT2D eigenvalue weighted by Crippen LogP contribution is -2.16. The van der Waals surface area contributed by atoms with Crippen molar-refractivity contribution in [2.75, 3.05) is 10.5 Å². The zero-order chi connectivity index (χ0) is 13.6. The fourth-order valence-electron chi connectivity index (χ4n) is 1.40. The number of nitrogens with one attached hydrogen (secondary N) is 1. The maximum atomic E-state index is 11.5. The lowest BCUT2D eigenvalue weighted by atomic mass is 10.1. The molecule has 0 radical (unpaired) electrons. The van der Waals surface area contributed by atoms with Gasteiger partial charge in [0.15, 0.2) is 5.78 Å². The average molecular weight is 266 g/mol. The molecule has 0 spiro atoms. The van der Waals surface area contributed by atoms with Crippen molar-refractivity contribution >= 4 is 21.5 Å². The van der Waals surface area contributed by atoms with Crippen LogP contribution in [-0.2, 0) is 10.0 Å². The lowest BCUT2D eigenvalue weighted by Gasteiger charge is -2.07. The lowest BCUT2D eigenvalue weighted by molar-refractivity contribution is 0.0998. The first-order chi connectivity index (χ1) is 8.48. The SMILES string of the molecule is CCCS(=O)(=O)Nc1ccc(C(=O)CC#N)cc1. The normalized spacial score (nSPS) is 10.7. The van der Waals surface area contributed by atoms with E-state index in [0.29, 0.717) is 17.7 Å². The highest BCUT2D eigenvalue weighted by Gasteiger charge is 2.09. The van der Waals surface area contributed by atoms with E-state index in [-0.39, 0.29) is 18.0 Å². The second-order valence-corrected chi connectivity index (χ2v) is 5.60.